The summed E-state index contributed by atoms with van der Waals surface area (Å²) in [6.07, 6.45) is 0. The van der Waals surface area contributed by atoms with Gasteiger partial charge in [0.25, 0.3) is 5.91 Å². The van der Waals surface area contributed by atoms with Crippen molar-refractivity contribution in [1.82, 2.24) is 14.5 Å². The Morgan fingerprint density at radius 2 is 1.45 bits per heavy atom. The SMILES string of the molecule is Cc1c(C)c(C)c(S(=O)(=O)N2CC[NH+](CC(=O)N3CCNC3=O)CC2)c(C)c1C. The van der Waals surface area contributed by atoms with Crippen LogP contribution in [0.1, 0.15) is 27.8 Å². The number of carbonyl (C=O) groups is 2. The number of benzene rings is 1. The highest BCUT2D eigenvalue weighted by atomic mass is 32.2. The van der Waals surface area contributed by atoms with Gasteiger partial charge in [-0.1, -0.05) is 0 Å². The van der Waals surface area contributed by atoms with E-state index in [1.54, 1.807) is 0 Å². The number of nitrogens with zero attached hydrogens (tertiary/aromatic N) is 2. The summed E-state index contributed by atoms with van der Waals surface area (Å²) in [4.78, 5) is 26.6. The van der Waals surface area contributed by atoms with E-state index in [-0.39, 0.29) is 18.5 Å². The molecular formula is C20H31N4O4S+. The molecule has 2 N–H and O–H groups in total. The molecule has 9 heteroatoms. The number of piperazine rings is 1. The van der Waals surface area contributed by atoms with Gasteiger partial charge in [-0.05, 0) is 62.4 Å². The number of carbonyl (C=O) groups excluding carboxylic acids is 2. The zero-order valence-electron chi connectivity index (χ0n) is 17.9. The van der Waals surface area contributed by atoms with E-state index in [2.05, 4.69) is 5.32 Å². The maximum Gasteiger partial charge on any atom is 0.324 e. The number of imide groups is 1. The number of quaternary nitrogens is 1. The molecule has 0 bridgehead atoms. The average Bonchev–Trinajstić information content (AvgIpc) is 3.11. The highest BCUT2D eigenvalue weighted by Gasteiger charge is 2.35. The number of rotatable bonds is 4. The van der Waals surface area contributed by atoms with Crippen LogP contribution in [0.3, 0.4) is 0 Å². The van der Waals surface area contributed by atoms with Crippen LogP contribution in [0.25, 0.3) is 0 Å². The Balaban J connectivity index is 1.72. The summed E-state index contributed by atoms with van der Waals surface area (Å²) in [5.74, 6) is -0.206. The summed E-state index contributed by atoms with van der Waals surface area (Å²) in [5.41, 5.74) is 4.81. The van der Waals surface area contributed by atoms with E-state index in [9.17, 15) is 18.0 Å². The second kappa shape index (κ2) is 8.04. The van der Waals surface area contributed by atoms with Gasteiger partial charge < -0.3 is 10.2 Å². The Hall–Kier alpha value is -1.97. The first-order valence-corrected chi connectivity index (χ1v) is 11.5. The first kappa shape index (κ1) is 21.7. The van der Waals surface area contributed by atoms with Crippen molar-refractivity contribution in [2.45, 2.75) is 39.5 Å². The fourth-order valence-electron chi connectivity index (χ4n) is 4.22. The van der Waals surface area contributed by atoms with E-state index in [4.69, 9.17) is 0 Å². The summed E-state index contributed by atoms with van der Waals surface area (Å²) >= 11 is 0. The van der Waals surface area contributed by atoms with Gasteiger partial charge in [0.15, 0.2) is 6.54 Å². The van der Waals surface area contributed by atoms with Crippen molar-refractivity contribution in [3.8, 4) is 0 Å². The van der Waals surface area contributed by atoms with Crippen molar-refractivity contribution >= 4 is 22.0 Å². The summed E-state index contributed by atoms with van der Waals surface area (Å²) in [6, 6.07) is -0.341. The molecule has 0 saturated carbocycles. The normalized spacial score (nSPS) is 18.9. The van der Waals surface area contributed by atoms with Crippen LogP contribution < -0.4 is 10.2 Å². The molecule has 0 spiro atoms. The first-order chi connectivity index (χ1) is 13.6. The highest BCUT2D eigenvalue weighted by Crippen LogP contribution is 2.31. The fourth-order valence-corrected chi connectivity index (χ4v) is 6.22. The van der Waals surface area contributed by atoms with Crippen LogP contribution in [0.15, 0.2) is 4.90 Å². The Bertz CT molecular complexity index is 921. The monoisotopic (exact) mass is 423 g/mol. The van der Waals surface area contributed by atoms with Gasteiger partial charge >= 0.3 is 6.03 Å². The van der Waals surface area contributed by atoms with Gasteiger partial charge in [-0.3, -0.25) is 9.69 Å². The number of urea groups is 1. The second-order valence-corrected chi connectivity index (χ2v) is 9.94. The van der Waals surface area contributed by atoms with Crippen LogP contribution in [0.2, 0.25) is 0 Å². The Kier molecular flexibility index (Phi) is 6.03. The van der Waals surface area contributed by atoms with Crippen molar-refractivity contribution in [3.63, 3.8) is 0 Å². The quantitative estimate of drug-likeness (QED) is 0.694. The van der Waals surface area contributed by atoms with E-state index in [1.807, 2.05) is 34.6 Å². The number of amides is 3. The predicted molar refractivity (Wildman–Crippen MR) is 110 cm³/mol. The summed E-state index contributed by atoms with van der Waals surface area (Å²) < 4.78 is 28.4. The van der Waals surface area contributed by atoms with Crippen molar-refractivity contribution in [2.24, 2.45) is 0 Å². The number of hydrogen-bond donors (Lipinski definition) is 2. The summed E-state index contributed by atoms with van der Waals surface area (Å²) in [5, 5.41) is 2.63. The molecule has 1 aromatic rings. The molecule has 0 radical (unpaired) electrons. The topological polar surface area (TPSA) is 91.2 Å². The molecule has 2 fully saturated rings. The molecule has 3 amide bonds. The summed E-state index contributed by atoms with van der Waals surface area (Å²) in [7, 11) is -3.60. The summed E-state index contributed by atoms with van der Waals surface area (Å²) in [6.45, 7) is 12.6. The Morgan fingerprint density at radius 1 is 0.931 bits per heavy atom. The van der Waals surface area contributed by atoms with Gasteiger partial charge in [-0.25, -0.2) is 13.2 Å². The lowest BCUT2D eigenvalue weighted by atomic mass is 9.95. The third-order valence-corrected chi connectivity index (χ3v) is 8.69. The molecule has 0 aliphatic carbocycles. The lowest BCUT2D eigenvalue weighted by molar-refractivity contribution is -0.895. The average molecular weight is 424 g/mol. The fraction of sp³-hybridized carbons (Fsp3) is 0.600. The Labute approximate surface area is 172 Å². The third-order valence-electron chi connectivity index (χ3n) is 6.52. The van der Waals surface area contributed by atoms with Crippen LogP contribution in [0, 0.1) is 34.6 Å². The molecule has 3 rings (SSSR count). The zero-order chi connectivity index (χ0) is 21.5. The molecule has 2 aliphatic rings. The van der Waals surface area contributed by atoms with Crippen LogP contribution in [-0.2, 0) is 14.8 Å². The molecule has 160 valence electrons. The van der Waals surface area contributed by atoms with Gasteiger partial charge in [0.1, 0.15) is 0 Å². The van der Waals surface area contributed by atoms with E-state index < -0.39 is 10.0 Å². The maximum atomic E-state index is 13.4. The first-order valence-electron chi connectivity index (χ1n) is 10.0. The third kappa shape index (κ3) is 3.91. The van der Waals surface area contributed by atoms with Crippen LogP contribution >= 0.6 is 0 Å². The van der Waals surface area contributed by atoms with Gasteiger partial charge in [-0.15, -0.1) is 0 Å². The largest absolute Gasteiger partial charge is 0.336 e. The smallest absolute Gasteiger partial charge is 0.324 e. The van der Waals surface area contributed by atoms with Crippen molar-refractivity contribution in [2.75, 3.05) is 45.8 Å². The molecule has 2 saturated heterocycles. The lowest BCUT2D eigenvalue weighted by Gasteiger charge is -2.32. The standard InChI is InChI=1S/C20H30N4O4S/c1-13-14(2)16(4)19(17(5)15(13)3)29(27,28)23-10-8-22(9-11-23)12-18(25)24-7-6-21-20(24)26/h6-12H2,1-5H3,(H,21,26)/p+1. The highest BCUT2D eigenvalue weighted by molar-refractivity contribution is 7.89. The zero-order valence-corrected chi connectivity index (χ0v) is 18.7. The van der Waals surface area contributed by atoms with E-state index in [0.717, 1.165) is 32.7 Å². The molecule has 2 heterocycles. The molecule has 8 nitrogen and oxygen atoms in total. The predicted octanol–water partition coefficient (Wildman–Crippen LogP) is -0.330. The van der Waals surface area contributed by atoms with Gasteiger partial charge in [0, 0.05) is 13.1 Å². The van der Waals surface area contributed by atoms with E-state index in [1.165, 1.54) is 9.21 Å². The van der Waals surface area contributed by atoms with E-state index in [0.29, 0.717) is 44.2 Å². The second-order valence-electron chi connectivity index (χ2n) is 8.06. The van der Waals surface area contributed by atoms with Crippen molar-refractivity contribution < 1.29 is 22.9 Å². The van der Waals surface area contributed by atoms with Crippen molar-refractivity contribution in [1.29, 1.82) is 0 Å². The number of sulfonamides is 1. The minimum absolute atomic E-state index is 0.206. The molecular weight excluding hydrogens is 392 g/mol. The minimum atomic E-state index is -3.60. The molecule has 2 aliphatic heterocycles. The van der Waals surface area contributed by atoms with Gasteiger partial charge in [0.05, 0.1) is 31.1 Å². The molecule has 0 atom stereocenters. The van der Waals surface area contributed by atoms with Crippen LogP contribution in [0.4, 0.5) is 4.79 Å². The maximum absolute atomic E-state index is 13.4. The van der Waals surface area contributed by atoms with Crippen molar-refractivity contribution in [3.05, 3.63) is 27.8 Å². The minimum Gasteiger partial charge on any atom is -0.336 e. The molecule has 29 heavy (non-hydrogen) atoms. The van der Waals surface area contributed by atoms with Crippen LogP contribution in [-0.4, -0.2) is 75.4 Å². The van der Waals surface area contributed by atoms with Gasteiger partial charge in [0.2, 0.25) is 10.0 Å². The Morgan fingerprint density at radius 3 is 1.93 bits per heavy atom. The molecule has 0 aromatic heterocycles. The lowest BCUT2D eigenvalue weighted by Crippen LogP contribution is -3.15. The van der Waals surface area contributed by atoms with Crippen LogP contribution in [0.5, 0.6) is 0 Å². The van der Waals surface area contributed by atoms with E-state index >= 15 is 0 Å². The number of hydrogen-bond acceptors (Lipinski definition) is 4. The molecule has 0 unspecified atom stereocenters. The van der Waals surface area contributed by atoms with Gasteiger partial charge in [-0.2, -0.15) is 4.31 Å². The number of nitrogens with one attached hydrogen (secondary N) is 2. The molecule has 1 aromatic carbocycles.